The summed E-state index contributed by atoms with van der Waals surface area (Å²) in [5, 5.41) is 4.46. The number of para-hydroxylation sites is 4. The van der Waals surface area contributed by atoms with Crippen LogP contribution >= 0.6 is 0 Å². The van der Waals surface area contributed by atoms with Gasteiger partial charge in [-0.2, -0.15) is 0 Å². The second kappa shape index (κ2) is 7.59. The quantitative estimate of drug-likeness (QED) is 0.350. The van der Waals surface area contributed by atoms with E-state index in [1.165, 1.54) is 0 Å². The number of aromatic nitrogens is 2. The van der Waals surface area contributed by atoms with Crippen LogP contribution < -0.4 is 10.6 Å². The molecular weight excluding hydrogens is 392 g/mol. The van der Waals surface area contributed by atoms with E-state index in [1.54, 1.807) is 0 Å². The Morgan fingerprint density at radius 2 is 0.812 bits per heavy atom. The molecular formula is C28H22N4. The molecule has 6 aromatic rings. The number of hydrogen-bond acceptors (Lipinski definition) is 4. The third kappa shape index (κ3) is 2.88. The van der Waals surface area contributed by atoms with Gasteiger partial charge < -0.3 is 10.6 Å². The van der Waals surface area contributed by atoms with Crippen LogP contribution in [0.3, 0.4) is 0 Å². The zero-order valence-electron chi connectivity index (χ0n) is 17.6. The van der Waals surface area contributed by atoms with E-state index in [0.717, 1.165) is 55.0 Å². The first-order chi connectivity index (χ1) is 15.8. The van der Waals surface area contributed by atoms with Gasteiger partial charge in [0.05, 0.1) is 33.4 Å². The molecule has 2 aromatic heterocycles. The lowest BCUT2D eigenvalue weighted by atomic mass is 10.0. The molecule has 0 saturated carbocycles. The van der Waals surface area contributed by atoms with Crippen LogP contribution in [0.15, 0.2) is 97.1 Å². The molecule has 154 valence electrons. The maximum absolute atomic E-state index is 6.21. The van der Waals surface area contributed by atoms with E-state index in [4.69, 9.17) is 15.7 Å². The molecule has 6 rings (SSSR count). The molecule has 0 saturated heterocycles. The van der Waals surface area contributed by atoms with Gasteiger partial charge in [-0.05, 0) is 24.3 Å². The second-order valence-electron chi connectivity index (χ2n) is 7.93. The molecule has 0 aliphatic rings. The Kier molecular flexibility index (Phi) is 4.44. The summed E-state index contributed by atoms with van der Waals surface area (Å²) < 4.78 is 0. The molecule has 2 N–H and O–H groups in total. The maximum atomic E-state index is 6.21. The van der Waals surface area contributed by atoms with Gasteiger partial charge in [0.2, 0.25) is 0 Å². The van der Waals surface area contributed by atoms with E-state index < -0.39 is 0 Å². The maximum Gasteiger partial charge on any atom is 0.0730 e. The lowest BCUT2D eigenvalue weighted by molar-refractivity contribution is 0.934. The average Bonchev–Trinajstić information content (AvgIpc) is 2.85. The van der Waals surface area contributed by atoms with Gasteiger partial charge in [0.15, 0.2) is 0 Å². The monoisotopic (exact) mass is 414 g/mol. The van der Waals surface area contributed by atoms with Gasteiger partial charge in [0.1, 0.15) is 0 Å². The van der Waals surface area contributed by atoms with Crippen molar-refractivity contribution < 1.29 is 0 Å². The molecule has 0 aliphatic carbocycles. The average molecular weight is 415 g/mol. The smallest absolute Gasteiger partial charge is 0.0730 e. The van der Waals surface area contributed by atoms with Crippen LogP contribution in [0.25, 0.3) is 43.6 Å². The van der Waals surface area contributed by atoms with Crippen molar-refractivity contribution in [2.45, 2.75) is 0 Å². The summed E-state index contributed by atoms with van der Waals surface area (Å²) in [5.74, 6) is 0. The summed E-state index contributed by atoms with van der Waals surface area (Å²) in [6.45, 7) is 1.20. The second-order valence-corrected chi connectivity index (χ2v) is 7.93. The molecule has 0 atom stereocenters. The van der Waals surface area contributed by atoms with E-state index in [9.17, 15) is 0 Å². The fraction of sp³-hybridized carbons (Fsp3) is 0.0714. The van der Waals surface area contributed by atoms with Crippen LogP contribution in [-0.2, 0) is 0 Å². The van der Waals surface area contributed by atoms with Gasteiger partial charge in [-0.3, -0.25) is 0 Å². The number of fused-ring (bicyclic) bond motifs is 4. The molecule has 4 heteroatoms. The summed E-state index contributed by atoms with van der Waals surface area (Å²) in [4.78, 5) is 12.2. The predicted octanol–water partition coefficient (Wildman–Crippen LogP) is 6.19. The Morgan fingerprint density at radius 1 is 0.500 bits per heavy atom. The minimum Gasteiger partial charge on any atom is -0.338 e. The summed E-state index contributed by atoms with van der Waals surface area (Å²) in [7, 11) is 0. The topological polar surface area (TPSA) is 55.0 Å². The zero-order chi connectivity index (χ0) is 21.5. The number of rotatable bonds is 4. The lowest BCUT2D eigenvalue weighted by Crippen LogP contribution is -2.26. The third-order valence-corrected chi connectivity index (χ3v) is 6.01. The molecule has 0 amide bonds. The van der Waals surface area contributed by atoms with Gasteiger partial charge in [-0.25, -0.2) is 9.97 Å². The Balaban J connectivity index is 1.80. The lowest BCUT2D eigenvalue weighted by Gasteiger charge is -2.29. The molecule has 0 aliphatic heterocycles. The minimum atomic E-state index is 0.524. The van der Waals surface area contributed by atoms with E-state index in [2.05, 4.69) is 77.7 Å². The first-order valence-electron chi connectivity index (χ1n) is 10.9. The number of hydrogen-bond donors (Lipinski definition) is 1. The van der Waals surface area contributed by atoms with Crippen molar-refractivity contribution in [1.82, 2.24) is 9.97 Å². The van der Waals surface area contributed by atoms with Crippen LogP contribution in [0.4, 0.5) is 11.4 Å². The van der Waals surface area contributed by atoms with Crippen molar-refractivity contribution in [2.24, 2.45) is 5.73 Å². The van der Waals surface area contributed by atoms with Crippen LogP contribution in [0.1, 0.15) is 0 Å². The Hall–Kier alpha value is -4.02. The molecule has 0 bridgehead atoms. The van der Waals surface area contributed by atoms with Crippen LogP contribution in [0.5, 0.6) is 0 Å². The summed E-state index contributed by atoms with van der Waals surface area (Å²) in [6.07, 6.45) is 0. The molecule has 0 unspecified atom stereocenters. The Bertz CT molecular complexity index is 1380. The molecule has 2 heterocycles. The molecule has 32 heavy (non-hydrogen) atoms. The zero-order valence-corrected chi connectivity index (χ0v) is 17.6. The molecule has 0 spiro atoms. The number of nitrogens with zero attached hydrogens (tertiary/aromatic N) is 3. The van der Waals surface area contributed by atoms with Gasteiger partial charge >= 0.3 is 0 Å². The number of nitrogens with two attached hydrogens (primary N) is 1. The standard InChI is InChI=1S/C28H22N4/c29-17-18-32(27-19-9-1-5-13-23(19)30-24-14-6-2-10-20(24)27)28-21-11-3-7-15-25(21)31-26-16-8-4-12-22(26)28/h1-16H,17-18,29H2. The number of pyridine rings is 2. The highest BCUT2D eigenvalue weighted by Crippen LogP contribution is 2.42. The summed E-state index contributed by atoms with van der Waals surface area (Å²) in [5.41, 5.74) is 12.4. The highest BCUT2D eigenvalue weighted by molar-refractivity contribution is 6.15. The summed E-state index contributed by atoms with van der Waals surface area (Å²) in [6, 6.07) is 33.4. The van der Waals surface area contributed by atoms with Crippen molar-refractivity contribution in [1.29, 1.82) is 0 Å². The van der Waals surface area contributed by atoms with E-state index >= 15 is 0 Å². The molecule has 0 fully saturated rings. The van der Waals surface area contributed by atoms with Crippen LogP contribution in [0.2, 0.25) is 0 Å². The van der Waals surface area contributed by atoms with Gasteiger partial charge in [0, 0.05) is 34.6 Å². The third-order valence-electron chi connectivity index (χ3n) is 6.01. The van der Waals surface area contributed by atoms with Crippen molar-refractivity contribution in [3.63, 3.8) is 0 Å². The van der Waals surface area contributed by atoms with Crippen molar-refractivity contribution in [3.05, 3.63) is 97.1 Å². The Morgan fingerprint density at radius 3 is 1.12 bits per heavy atom. The van der Waals surface area contributed by atoms with Crippen molar-refractivity contribution >= 4 is 55.0 Å². The van der Waals surface area contributed by atoms with Crippen molar-refractivity contribution in [2.75, 3.05) is 18.0 Å². The fourth-order valence-corrected chi connectivity index (χ4v) is 4.68. The van der Waals surface area contributed by atoms with Crippen LogP contribution in [-0.4, -0.2) is 23.1 Å². The van der Waals surface area contributed by atoms with Crippen LogP contribution in [0, 0.1) is 0 Å². The van der Waals surface area contributed by atoms with Gasteiger partial charge in [-0.1, -0.05) is 72.8 Å². The van der Waals surface area contributed by atoms with E-state index in [1.807, 2.05) is 24.3 Å². The highest BCUT2D eigenvalue weighted by atomic mass is 15.2. The van der Waals surface area contributed by atoms with E-state index in [-0.39, 0.29) is 0 Å². The minimum absolute atomic E-state index is 0.524. The van der Waals surface area contributed by atoms with E-state index in [0.29, 0.717) is 13.1 Å². The van der Waals surface area contributed by atoms with Gasteiger partial charge in [0.25, 0.3) is 0 Å². The SMILES string of the molecule is NCCN(c1c2ccccc2nc2ccccc12)c1c2ccccc2nc2ccccc12. The normalized spacial score (nSPS) is 11.5. The Labute approximate surface area is 185 Å². The fourth-order valence-electron chi connectivity index (χ4n) is 4.68. The summed E-state index contributed by atoms with van der Waals surface area (Å²) >= 11 is 0. The van der Waals surface area contributed by atoms with Crippen molar-refractivity contribution in [3.8, 4) is 0 Å². The molecule has 4 aromatic carbocycles. The van der Waals surface area contributed by atoms with Gasteiger partial charge in [-0.15, -0.1) is 0 Å². The predicted molar refractivity (Wildman–Crippen MR) is 135 cm³/mol. The first kappa shape index (κ1) is 18.7. The number of anilines is 2. The number of benzene rings is 4. The molecule has 0 radical (unpaired) electrons. The first-order valence-corrected chi connectivity index (χ1v) is 10.9. The molecule has 4 nitrogen and oxygen atoms in total. The largest absolute Gasteiger partial charge is 0.338 e. The highest BCUT2D eigenvalue weighted by Gasteiger charge is 2.21.